The number of benzene rings is 1. The van der Waals surface area contributed by atoms with E-state index >= 15 is 0 Å². The van der Waals surface area contributed by atoms with Gasteiger partial charge in [0, 0.05) is 5.38 Å². The van der Waals surface area contributed by atoms with E-state index in [0.717, 1.165) is 15.6 Å². The number of furan rings is 1. The summed E-state index contributed by atoms with van der Waals surface area (Å²) in [6.45, 7) is 5.98. The number of thiazole rings is 1. The highest BCUT2D eigenvalue weighted by atomic mass is 32.1. The van der Waals surface area contributed by atoms with Crippen LogP contribution in [0, 0.1) is 12.8 Å². The molecular formula is C23H23N3O4S. The van der Waals surface area contributed by atoms with Crippen LogP contribution >= 0.6 is 11.3 Å². The maximum absolute atomic E-state index is 13.1. The third-order valence-corrected chi connectivity index (χ3v) is 5.88. The van der Waals surface area contributed by atoms with Gasteiger partial charge in [0.1, 0.15) is 17.5 Å². The maximum atomic E-state index is 13.1. The summed E-state index contributed by atoms with van der Waals surface area (Å²) in [5.41, 5.74) is 1.43. The number of imide groups is 1. The van der Waals surface area contributed by atoms with Gasteiger partial charge in [-0.3, -0.25) is 19.3 Å². The highest BCUT2D eigenvalue weighted by molar-refractivity contribution is 7.09. The lowest BCUT2D eigenvalue weighted by Gasteiger charge is -2.26. The van der Waals surface area contributed by atoms with Gasteiger partial charge in [-0.05, 0) is 43.5 Å². The molecule has 3 aromatic rings. The second-order valence-corrected chi connectivity index (χ2v) is 8.97. The minimum absolute atomic E-state index is 0.114. The fourth-order valence-electron chi connectivity index (χ4n) is 3.65. The van der Waals surface area contributed by atoms with Crippen molar-refractivity contribution < 1.29 is 18.8 Å². The van der Waals surface area contributed by atoms with Gasteiger partial charge in [-0.15, -0.1) is 11.3 Å². The average molecular weight is 438 g/mol. The van der Waals surface area contributed by atoms with Crippen LogP contribution in [0.25, 0.3) is 11.5 Å². The zero-order valence-corrected chi connectivity index (χ0v) is 18.4. The van der Waals surface area contributed by atoms with Gasteiger partial charge in [0.15, 0.2) is 5.76 Å². The van der Waals surface area contributed by atoms with Crippen molar-refractivity contribution in [3.8, 4) is 11.5 Å². The number of fused-ring (bicyclic) bond motifs is 1. The summed E-state index contributed by atoms with van der Waals surface area (Å²) in [5, 5.41) is 5.68. The molecule has 8 heteroatoms. The Labute approximate surface area is 184 Å². The predicted octanol–water partition coefficient (Wildman–Crippen LogP) is 4.04. The molecule has 1 aliphatic rings. The molecule has 7 nitrogen and oxygen atoms in total. The predicted molar refractivity (Wildman–Crippen MR) is 117 cm³/mol. The molecule has 1 atom stereocenters. The number of aromatic nitrogens is 1. The minimum atomic E-state index is -0.886. The van der Waals surface area contributed by atoms with Gasteiger partial charge < -0.3 is 9.73 Å². The summed E-state index contributed by atoms with van der Waals surface area (Å²) in [6, 6.07) is 9.36. The van der Waals surface area contributed by atoms with E-state index in [4.69, 9.17) is 4.42 Å². The number of carbonyl (C=O) groups excluding carboxylic acids is 3. The van der Waals surface area contributed by atoms with E-state index in [-0.39, 0.29) is 18.4 Å². The van der Waals surface area contributed by atoms with Gasteiger partial charge in [0.2, 0.25) is 5.91 Å². The van der Waals surface area contributed by atoms with Crippen LogP contribution in [0.3, 0.4) is 0 Å². The number of nitrogens with zero attached hydrogens (tertiary/aromatic N) is 2. The first kappa shape index (κ1) is 21.0. The number of hydrogen-bond donors (Lipinski definition) is 1. The van der Waals surface area contributed by atoms with Crippen LogP contribution in [0.1, 0.15) is 51.8 Å². The number of amides is 3. The van der Waals surface area contributed by atoms with Gasteiger partial charge in [-0.2, -0.15) is 0 Å². The average Bonchev–Trinajstić information content (AvgIpc) is 3.44. The van der Waals surface area contributed by atoms with Gasteiger partial charge in [-0.25, -0.2) is 4.98 Å². The van der Waals surface area contributed by atoms with Crippen molar-refractivity contribution in [1.29, 1.82) is 0 Å². The van der Waals surface area contributed by atoms with Crippen molar-refractivity contribution in [3.05, 3.63) is 63.7 Å². The highest BCUT2D eigenvalue weighted by Gasteiger charge is 2.42. The second-order valence-electron chi connectivity index (χ2n) is 7.91. The molecule has 0 aliphatic carbocycles. The molecule has 31 heavy (non-hydrogen) atoms. The van der Waals surface area contributed by atoms with E-state index in [1.54, 1.807) is 30.3 Å². The third-order valence-electron chi connectivity index (χ3n) is 5.10. The van der Waals surface area contributed by atoms with E-state index in [1.807, 2.05) is 32.2 Å². The molecule has 0 bridgehead atoms. The number of rotatable bonds is 7. The van der Waals surface area contributed by atoms with Crippen LogP contribution in [0.4, 0.5) is 0 Å². The lowest BCUT2D eigenvalue weighted by molar-refractivity contribution is -0.125. The van der Waals surface area contributed by atoms with Crippen LogP contribution in [0.2, 0.25) is 0 Å². The first-order chi connectivity index (χ1) is 14.8. The Hall–Kier alpha value is -3.26. The van der Waals surface area contributed by atoms with Crippen molar-refractivity contribution >= 4 is 29.1 Å². The van der Waals surface area contributed by atoms with Crippen LogP contribution in [0.5, 0.6) is 0 Å². The molecule has 1 N–H and O–H groups in total. The van der Waals surface area contributed by atoms with Crippen molar-refractivity contribution in [3.63, 3.8) is 0 Å². The third kappa shape index (κ3) is 4.16. The Morgan fingerprint density at radius 3 is 2.39 bits per heavy atom. The molecule has 0 unspecified atom stereocenters. The molecule has 160 valence electrons. The van der Waals surface area contributed by atoms with Crippen LogP contribution in [-0.4, -0.2) is 33.6 Å². The number of hydrogen-bond acceptors (Lipinski definition) is 6. The quantitative estimate of drug-likeness (QED) is 0.563. The lowest BCUT2D eigenvalue weighted by atomic mass is 10.0. The summed E-state index contributed by atoms with van der Waals surface area (Å²) < 4.78 is 5.79. The molecule has 0 radical (unpaired) electrons. The number of nitrogens with one attached hydrogen (secondary N) is 1. The van der Waals surface area contributed by atoms with Crippen molar-refractivity contribution in [2.24, 2.45) is 5.92 Å². The van der Waals surface area contributed by atoms with E-state index in [9.17, 15) is 14.4 Å². The zero-order valence-electron chi connectivity index (χ0n) is 17.5. The zero-order chi connectivity index (χ0) is 22.1. The largest absolute Gasteiger partial charge is 0.458 e. The first-order valence-corrected chi connectivity index (χ1v) is 11.0. The van der Waals surface area contributed by atoms with E-state index in [2.05, 4.69) is 10.3 Å². The molecule has 3 amide bonds. The molecule has 2 aromatic heterocycles. The molecule has 0 spiro atoms. The van der Waals surface area contributed by atoms with Gasteiger partial charge in [-0.1, -0.05) is 26.0 Å². The Morgan fingerprint density at radius 1 is 1.13 bits per heavy atom. The van der Waals surface area contributed by atoms with Crippen LogP contribution < -0.4 is 5.32 Å². The smallest absolute Gasteiger partial charge is 0.262 e. The minimum Gasteiger partial charge on any atom is -0.458 e. The van der Waals surface area contributed by atoms with Crippen molar-refractivity contribution in [2.75, 3.05) is 0 Å². The molecular weight excluding hydrogens is 414 g/mol. The van der Waals surface area contributed by atoms with Gasteiger partial charge in [0.25, 0.3) is 11.8 Å². The molecule has 1 aliphatic heterocycles. The standard InChI is InChI=1S/C23H23N3O4S/c1-13(2)10-19(26-22(28)16-6-4-5-7-17(16)23(26)29)21(27)24-11-15-8-9-20(30-15)18-12-31-14(3)25-18/h4-9,12-13,19H,10-11H2,1-3H3,(H,24,27)/t19-/m0/s1. The first-order valence-electron chi connectivity index (χ1n) is 10.1. The van der Waals surface area contributed by atoms with E-state index < -0.39 is 17.9 Å². The fourth-order valence-corrected chi connectivity index (χ4v) is 4.25. The number of aryl methyl sites for hydroxylation is 1. The van der Waals surface area contributed by atoms with Crippen LogP contribution in [0.15, 0.2) is 46.2 Å². The molecule has 0 saturated carbocycles. The second kappa shape index (κ2) is 8.47. The Kier molecular flexibility index (Phi) is 5.73. The SMILES string of the molecule is Cc1nc(-c2ccc(CNC(=O)[C@H](CC(C)C)N3C(=O)c4ccccc4C3=O)o2)cs1. The van der Waals surface area contributed by atoms with E-state index in [1.165, 1.54) is 11.3 Å². The number of carbonyl (C=O) groups is 3. The topological polar surface area (TPSA) is 92.5 Å². The summed E-state index contributed by atoms with van der Waals surface area (Å²) in [4.78, 5) is 44.3. The van der Waals surface area contributed by atoms with Gasteiger partial charge in [0.05, 0.1) is 22.7 Å². The normalized spacial score (nSPS) is 14.3. The Morgan fingerprint density at radius 2 is 1.81 bits per heavy atom. The maximum Gasteiger partial charge on any atom is 0.262 e. The molecule has 0 saturated heterocycles. The Bertz CT molecular complexity index is 1110. The van der Waals surface area contributed by atoms with Crippen LogP contribution in [-0.2, 0) is 11.3 Å². The lowest BCUT2D eigenvalue weighted by Crippen LogP contribution is -2.50. The Balaban J connectivity index is 1.49. The van der Waals surface area contributed by atoms with Crippen molar-refractivity contribution in [2.45, 2.75) is 39.8 Å². The molecule has 0 fully saturated rings. The molecule has 3 heterocycles. The van der Waals surface area contributed by atoms with Gasteiger partial charge >= 0.3 is 0 Å². The monoisotopic (exact) mass is 437 g/mol. The summed E-state index contributed by atoms with van der Waals surface area (Å²) in [6.07, 6.45) is 0.374. The van der Waals surface area contributed by atoms with Crippen molar-refractivity contribution in [1.82, 2.24) is 15.2 Å². The summed E-state index contributed by atoms with van der Waals surface area (Å²) >= 11 is 1.54. The summed E-state index contributed by atoms with van der Waals surface area (Å²) in [5.74, 6) is 0.0716. The molecule has 1 aromatic carbocycles. The fraction of sp³-hybridized carbons (Fsp3) is 0.304. The molecule has 4 rings (SSSR count). The van der Waals surface area contributed by atoms with E-state index in [0.29, 0.717) is 29.1 Å². The summed E-state index contributed by atoms with van der Waals surface area (Å²) in [7, 11) is 0. The highest BCUT2D eigenvalue weighted by Crippen LogP contribution is 2.27.